The van der Waals surface area contributed by atoms with Gasteiger partial charge in [-0.3, -0.25) is 9.78 Å². The van der Waals surface area contributed by atoms with Crippen LogP contribution < -0.4 is 5.32 Å². The zero-order valence-corrected chi connectivity index (χ0v) is 22.8. The predicted octanol–water partition coefficient (Wildman–Crippen LogP) is 5.35. The Kier molecular flexibility index (Phi) is 7.86. The number of benzene rings is 3. The number of hydrogen-bond acceptors (Lipinski definition) is 6. The number of hydrogen-bond donors (Lipinski definition) is 2. The maximum absolute atomic E-state index is 12.4. The molecule has 3 heterocycles. The van der Waals surface area contributed by atoms with Crippen molar-refractivity contribution in [1.82, 2.24) is 19.9 Å². The molecule has 2 aromatic heterocycles. The summed E-state index contributed by atoms with van der Waals surface area (Å²) >= 11 is 0. The standard InChI is InChI=1S/C33H32N4O4/c1-22-30(19-37-21-36-28-6-2-3-7-29(28)37)40-33(41-31(22)25-12-10-24(20-38)11-13-25)26-14-8-23(9-15-26)17-35-32(39)27-5-4-16-34-18-27/h2-16,18,21-22,30-31,33,38H,17,19-20H2,1H3,(H,35,39). The lowest BCUT2D eigenvalue weighted by Crippen LogP contribution is -2.39. The maximum atomic E-state index is 12.4. The van der Waals surface area contributed by atoms with Gasteiger partial charge in [0.05, 0.1) is 48.3 Å². The van der Waals surface area contributed by atoms with Crippen molar-refractivity contribution >= 4 is 16.9 Å². The van der Waals surface area contributed by atoms with Crippen LogP contribution >= 0.6 is 0 Å². The van der Waals surface area contributed by atoms with Crippen molar-refractivity contribution in [3.05, 3.63) is 131 Å². The average Bonchev–Trinajstić information content (AvgIpc) is 3.44. The van der Waals surface area contributed by atoms with Crippen LogP contribution in [-0.4, -0.2) is 31.7 Å². The fraction of sp³-hybridized carbons (Fsp3) is 0.242. The highest BCUT2D eigenvalue weighted by Crippen LogP contribution is 2.42. The molecule has 0 aliphatic carbocycles. The first-order valence-electron chi connectivity index (χ1n) is 13.8. The molecule has 1 aliphatic heterocycles. The molecule has 1 saturated heterocycles. The Bertz CT molecular complexity index is 1600. The molecule has 0 spiro atoms. The smallest absolute Gasteiger partial charge is 0.253 e. The molecule has 3 aromatic carbocycles. The van der Waals surface area contributed by atoms with Crippen LogP contribution in [-0.2, 0) is 29.2 Å². The van der Waals surface area contributed by atoms with Gasteiger partial charge >= 0.3 is 0 Å². The second kappa shape index (κ2) is 12.0. The summed E-state index contributed by atoms with van der Waals surface area (Å²) in [6, 6.07) is 27.4. The van der Waals surface area contributed by atoms with Crippen LogP contribution in [0.4, 0.5) is 0 Å². The second-order valence-corrected chi connectivity index (χ2v) is 10.4. The molecule has 1 amide bonds. The van der Waals surface area contributed by atoms with Crippen LogP contribution in [0.5, 0.6) is 0 Å². The van der Waals surface area contributed by atoms with Crippen molar-refractivity contribution in [2.24, 2.45) is 5.92 Å². The summed E-state index contributed by atoms with van der Waals surface area (Å²) in [5.74, 6) is -0.116. The maximum Gasteiger partial charge on any atom is 0.253 e. The second-order valence-electron chi connectivity index (χ2n) is 10.4. The van der Waals surface area contributed by atoms with E-state index in [0.717, 1.165) is 33.3 Å². The normalized spacial score (nSPS) is 20.6. The third-order valence-electron chi connectivity index (χ3n) is 7.66. The van der Waals surface area contributed by atoms with Gasteiger partial charge in [0.1, 0.15) is 0 Å². The lowest BCUT2D eigenvalue weighted by Gasteiger charge is -2.41. The SMILES string of the molecule is CC1C(Cn2cnc3ccccc32)OC(c2ccc(CNC(=O)c3cccnc3)cc2)OC1c1ccc(CO)cc1. The van der Waals surface area contributed by atoms with Crippen molar-refractivity contribution in [2.45, 2.75) is 45.1 Å². The van der Waals surface area contributed by atoms with E-state index in [-0.39, 0.29) is 30.6 Å². The van der Waals surface area contributed by atoms with Gasteiger partial charge in [-0.2, -0.15) is 0 Å². The summed E-state index contributed by atoms with van der Waals surface area (Å²) in [4.78, 5) is 21.0. The number of rotatable bonds is 8. The molecule has 41 heavy (non-hydrogen) atoms. The van der Waals surface area contributed by atoms with E-state index >= 15 is 0 Å². The summed E-state index contributed by atoms with van der Waals surface area (Å²) < 4.78 is 15.3. The lowest BCUT2D eigenvalue weighted by molar-refractivity contribution is -0.276. The van der Waals surface area contributed by atoms with E-state index < -0.39 is 6.29 Å². The lowest BCUT2D eigenvalue weighted by atomic mass is 9.90. The minimum Gasteiger partial charge on any atom is -0.392 e. The minimum atomic E-state index is -0.576. The highest BCUT2D eigenvalue weighted by atomic mass is 16.7. The number of nitrogens with zero attached hydrogens (tertiary/aromatic N) is 3. The van der Waals surface area contributed by atoms with Crippen LogP contribution in [0, 0.1) is 5.92 Å². The third kappa shape index (κ3) is 5.90. The van der Waals surface area contributed by atoms with E-state index in [9.17, 15) is 9.90 Å². The van der Waals surface area contributed by atoms with Crippen LogP contribution in [0.2, 0.25) is 0 Å². The van der Waals surface area contributed by atoms with Crippen molar-refractivity contribution in [3.63, 3.8) is 0 Å². The number of para-hydroxylation sites is 2. The number of nitrogens with one attached hydrogen (secondary N) is 1. The topological polar surface area (TPSA) is 98.5 Å². The van der Waals surface area contributed by atoms with Crippen LogP contribution in [0.1, 0.15) is 51.9 Å². The molecule has 2 N–H and O–H groups in total. The first-order valence-corrected chi connectivity index (χ1v) is 13.8. The van der Waals surface area contributed by atoms with E-state index in [4.69, 9.17) is 9.47 Å². The van der Waals surface area contributed by atoms with E-state index in [0.29, 0.717) is 18.7 Å². The zero-order chi connectivity index (χ0) is 28.2. The number of aliphatic hydroxyl groups is 1. The van der Waals surface area contributed by atoms with E-state index in [1.807, 2.05) is 73.1 Å². The molecular weight excluding hydrogens is 516 g/mol. The molecule has 8 nitrogen and oxygen atoms in total. The summed E-state index contributed by atoms with van der Waals surface area (Å²) in [7, 11) is 0. The fourth-order valence-electron chi connectivity index (χ4n) is 5.25. The van der Waals surface area contributed by atoms with Crippen molar-refractivity contribution in [1.29, 1.82) is 0 Å². The van der Waals surface area contributed by atoms with Gasteiger partial charge in [-0.25, -0.2) is 4.98 Å². The van der Waals surface area contributed by atoms with Gasteiger partial charge in [-0.15, -0.1) is 0 Å². The number of aliphatic hydroxyl groups excluding tert-OH is 1. The Morgan fingerprint density at radius 3 is 2.44 bits per heavy atom. The number of carbonyl (C=O) groups is 1. The quantitative estimate of drug-likeness (QED) is 0.272. The van der Waals surface area contributed by atoms with Crippen molar-refractivity contribution in [3.8, 4) is 0 Å². The largest absolute Gasteiger partial charge is 0.392 e. The molecule has 1 aliphatic rings. The van der Waals surface area contributed by atoms with Crippen LogP contribution in [0.15, 0.2) is 104 Å². The number of carbonyl (C=O) groups excluding carboxylic acids is 1. The van der Waals surface area contributed by atoms with Crippen molar-refractivity contribution in [2.75, 3.05) is 0 Å². The molecule has 4 unspecified atom stereocenters. The predicted molar refractivity (Wildman–Crippen MR) is 155 cm³/mol. The number of imidazole rings is 1. The number of aromatic nitrogens is 3. The molecule has 5 aromatic rings. The highest BCUT2D eigenvalue weighted by Gasteiger charge is 2.38. The van der Waals surface area contributed by atoms with Gasteiger partial charge in [0.15, 0.2) is 6.29 Å². The molecule has 208 valence electrons. The summed E-state index contributed by atoms with van der Waals surface area (Å²) in [5.41, 5.74) is 6.30. The Labute approximate surface area is 238 Å². The van der Waals surface area contributed by atoms with E-state index in [1.165, 1.54) is 0 Å². The first kappa shape index (κ1) is 26.8. The molecule has 1 fully saturated rings. The molecular formula is C33H32N4O4. The first-order chi connectivity index (χ1) is 20.1. The number of fused-ring (bicyclic) bond motifs is 1. The minimum absolute atomic E-state index is 0.00153. The zero-order valence-electron chi connectivity index (χ0n) is 22.8. The van der Waals surface area contributed by atoms with Gasteiger partial charge in [-0.05, 0) is 41.0 Å². The highest BCUT2D eigenvalue weighted by molar-refractivity contribution is 5.93. The summed E-state index contributed by atoms with van der Waals surface area (Å²) in [6.45, 7) is 3.18. The molecule has 4 atom stereocenters. The van der Waals surface area contributed by atoms with Crippen LogP contribution in [0.25, 0.3) is 11.0 Å². The Morgan fingerprint density at radius 2 is 1.68 bits per heavy atom. The monoisotopic (exact) mass is 548 g/mol. The molecule has 0 radical (unpaired) electrons. The van der Waals surface area contributed by atoms with Crippen molar-refractivity contribution < 1.29 is 19.4 Å². The van der Waals surface area contributed by atoms with Gasteiger partial charge in [-0.1, -0.05) is 67.6 Å². The Hall–Kier alpha value is -4.37. The van der Waals surface area contributed by atoms with Gasteiger partial charge in [0, 0.05) is 30.4 Å². The number of amides is 1. The molecule has 0 bridgehead atoms. The Morgan fingerprint density at radius 1 is 0.927 bits per heavy atom. The third-order valence-corrected chi connectivity index (χ3v) is 7.66. The Balaban J connectivity index is 1.22. The number of pyridine rings is 1. The molecule has 6 rings (SSSR count). The van der Waals surface area contributed by atoms with Gasteiger partial charge < -0.3 is 24.5 Å². The van der Waals surface area contributed by atoms with E-state index in [1.54, 1.807) is 24.5 Å². The van der Waals surface area contributed by atoms with Crippen LogP contribution in [0.3, 0.4) is 0 Å². The average molecular weight is 549 g/mol. The summed E-state index contributed by atoms with van der Waals surface area (Å²) in [5, 5.41) is 12.5. The fourth-order valence-corrected chi connectivity index (χ4v) is 5.25. The number of ether oxygens (including phenoxy) is 2. The van der Waals surface area contributed by atoms with E-state index in [2.05, 4.69) is 32.8 Å². The molecule has 8 heteroatoms. The summed E-state index contributed by atoms with van der Waals surface area (Å²) in [6.07, 6.45) is 4.13. The molecule has 0 saturated carbocycles. The van der Waals surface area contributed by atoms with Gasteiger partial charge in [0.2, 0.25) is 0 Å². The van der Waals surface area contributed by atoms with Gasteiger partial charge in [0.25, 0.3) is 5.91 Å².